The van der Waals surface area contributed by atoms with E-state index in [1.807, 2.05) is 6.92 Å². The van der Waals surface area contributed by atoms with Crippen molar-refractivity contribution in [3.63, 3.8) is 0 Å². The number of carbonyl (C=O) groups excluding carboxylic acids is 1. The molecule has 7 heteroatoms. The number of benzene rings is 2. The van der Waals surface area contributed by atoms with Crippen molar-refractivity contribution in [2.75, 3.05) is 12.4 Å². The number of carbonyl (C=O) groups is 1. The Labute approximate surface area is 167 Å². The molecular weight excluding hydrogens is 378 g/mol. The standard InChI is InChI=1S/C21H20ClN3O3/c1-12-9-17(18(28-2)11-15(12)22)24-20(26)13-6-7-14-16(10-13)23-19-5-3-4-8-25(19)21(14)27/h6-7,9-11H,3-5,8H2,1-2H3,(H,24,26). The molecule has 4 rings (SSSR count). The normalized spacial score (nSPS) is 13.2. The van der Waals surface area contributed by atoms with E-state index >= 15 is 0 Å². The second-order valence-electron chi connectivity index (χ2n) is 6.93. The molecule has 1 aliphatic rings. The van der Waals surface area contributed by atoms with Crippen LogP contribution in [0.1, 0.15) is 34.6 Å². The molecule has 1 aliphatic heterocycles. The van der Waals surface area contributed by atoms with Gasteiger partial charge in [0.15, 0.2) is 0 Å². The highest BCUT2D eigenvalue weighted by molar-refractivity contribution is 6.31. The number of nitrogens with zero attached hydrogens (tertiary/aromatic N) is 2. The van der Waals surface area contributed by atoms with Gasteiger partial charge in [-0.1, -0.05) is 11.6 Å². The predicted molar refractivity (Wildman–Crippen MR) is 110 cm³/mol. The summed E-state index contributed by atoms with van der Waals surface area (Å²) in [6.45, 7) is 2.56. The average molecular weight is 398 g/mol. The van der Waals surface area contributed by atoms with Crippen LogP contribution in [0.25, 0.3) is 10.9 Å². The summed E-state index contributed by atoms with van der Waals surface area (Å²) in [4.78, 5) is 30.1. The molecule has 28 heavy (non-hydrogen) atoms. The molecule has 0 saturated carbocycles. The zero-order chi connectivity index (χ0) is 19.8. The number of ether oxygens (including phenoxy) is 1. The van der Waals surface area contributed by atoms with Crippen molar-refractivity contribution in [1.82, 2.24) is 9.55 Å². The number of fused-ring (bicyclic) bond motifs is 2. The summed E-state index contributed by atoms with van der Waals surface area (Å²) in [5, 5.41) is 3.95. The van der Waals surface area contributed by atoms with Gasteiger partial charge in [-0.2, -0.15) is 0 Å². The van der Waals surface area contributed by atoms with Gasteiger partial charge in [-0.15, -0.1) is 0 Å². The molecule has 0 spiro atoms. The maximum Gasteiger partial charge on any atom is 0.261 e. The Hall–Kier alpha value is -2.86. The number of hydrogen-bond acceptors (Lipinski definition) is 4. The number of amides is 1. The lowest BCUT2D eigenvalue weighted by Gasteiger charge is -2.18. The summed E-state index contributed by atoms with van der Waals surface area (Å²) >= 11 is 6.12. The first-order valence-corrected chi connectivity index (χ1v) is 9.54. The molecule has 0 aliphatic carbocycles. The molecule has 1 N–H and O–H groups in total. The molecule has 6 nitrogen and oxygen atoms in total. The molecule has 0 atom stereocenters. The van der Waals surface area contributed by atoms with Gasteiger partial charge in [-0.05, 0) is 49.6 Å². The van der Waals surface area contributed by atoms with Crippen LogP contribution < -0.4 is 15.6 Å². The molecule has 2 aromatic carbocycles. The van der Waals surface area contributed by atoms with Crippen LogP contribution in [0.5, 0.6) is 5.75 Å². The van der Waals surface area contributed by atoms with Gasteiger partial charge in [0.25, 0.3) is 11.5 Å². The first-order valence-electron chi connectivity index (χ1n) is 9.17. The van der Waals surface area contributed by atoms with E-state index in [1.54, 1.807) is 34.9 Å². The molecule has 3 aromatic rings. The Bertz CT molecular complexity index is 1150. The summed E-state index contributed by atoms with van der Waals surface area (Å²) < 4.78 is 7.05. The monoisotopic (exact) mass is 397 g/mol. The molecule has 0 bridgehead atoms. The summed E-state index contributed by atoms with van der Waals surface area (Å²) in [5.41, 5.74) is 2.30. The number of aromatic nitrogens is 2. The number of methoxy groups -OCH3 is 1. The lowest BCUT2D eigenvalue weighted by Crippen LogP contribution is -2.28. The van der Waals surface area contributed by atoms with E-state index in [-0.39, 0.29) is 11.5 Å². The smallest absolute Gasteiger partial charge is 0.261 e. The number of anilines is 1. The van der Waals surface area contributed by atoms with Crippen molar-refractivity contribution < 1.29 is 9.53 Å². The van der Waals surface area contributed by atoms with Crippen molar-refractivity contribution in [2.24, 2.45) is 0 Å². The van der Waals surface area contributed by atoms with Crippen LogP contribution >= 0.6 is 11.6 Å². The molecule has 0 saturated heterocycles. The highest BCUT2D eigenvalue weighted by Crippen LogP contribution is 2.31. The fourth-order valence-electron chi connectivity index (χ4n) is 3.51. The lowest BCUT2D eigenvalue weighted by molar-refractivity contribution is 0.102. The van der Waals surface area contributed by atoms with Gasteiger partial charge < -0.3 is 10.1 Å². The summed E-state index contributed by atoms with van der Waals surface area (Å²) in [6.07, 6.45) is 2.79. The fraction of sp³-hybridized carbons (Fsp3) is 0.286. The summed E-state index contributed by atoms with van der Waals surface area (Å²) in [7, 11) is 1.52. The van der Waals surface area contributed by atoms with Crippen LogP contribution in [0.3, 0.4) is 0 Å². The molecule has 1 aromatic heterocycles. The Morgan fingerprint density at radius 3 is 2.86 bits per heavy atom. The number of halogens is 1. The SMILES string of the molecule is COc1cc(Cl)c(C)cc1NC(=O)c1ccc2c(=O)n3c(nc2c1)CCCC3. The second kappa shape index (κ2) is 7.28. The number of nitrogens with one attached hydrogen (secondary N) is 1. The Morgan fingerprint density at radius 1 is 1.25 bits per heavy atom. The Kier molecular flexibility index (Phi) is 4.81. The third kappa shape index (κ3) is 3.24. The predicted octanol–water partition coefficient (Wildman–Crippen LogP) is 3.96. The minimum atomic E-state index is -0.304. The van der Waals surface area contributed by atoms with Gasteiger partial charge >= 0.3 is 0 Å². The summed E-state index contributed by atoms with van der Waals surface area (Å²) in [5.74, 6) is 0.966. The molecular formula is C21H20ClN3O3. The first kappa shape index (κ1) is 18.5. The quantitative estimate of drug-likeness (QED) is 0.726. The zero-order valence-electron chi connectivity index (χ0n) is 15.7. The van der Waals surface area contributed by atoms with Crippen LogP contribution in [0.2, 0.25) is 5.02 Å². The van der Waals surface area contributed by atoms with E-state index in [2.05, 4.69) is 10.3 Å². The van der Waals surface area contributed by atoms with E-state index in [0.717, 1.165) is 30.7 Å². The van der Waals surface area contributed by atoms with Crippen LogP contribution in [-0.4, -0.2) is 22.6 Å². The van der Waals surface area contributed by atoms with Crippen LogP contribution in [0, 0.1) is 6.92 Å². The van der Waals surface area contributed by atoms with Crippen LogP contribution in [0.4, 0.5) is 5.69 Å². The molecule has 0 fully saturated rings. The van der Waals surface area contributed by atoms with Gasteiger partial charge in [-0.25, -0.2) is 4.98 Å². The fourth-order valence-corrected chi connectivity index (χ4v) is 3.66. The Balaban J connectivity index is 1.71. The van der Waals surface area contributed by atoms with E-state index in [1.165, 1.54) is 7.11 Å². The maximum atomic E-state index is 12.8. The van der Waals surface area contributed by atoms with Gasteiger partial charge in [0.05, 0.1) is 23.7 Å². The van der Waals surface area contributed by atoms with Crippen molar-refractivity contribution >= 4 is 34.1 Å². The third-order valence-electron chi connectivity index (χ3n) is 5.06. The van der Waals surface area contributed by atoms with E-state index < -0.39 is 0 Å². The van der Waals surface area contributed by atoms with Crippen LogP contribution in [0.15, 0.2) is 35.1 Å². The van der Waals surface area contributed by atoms with Crippen molar-refractivity contribution in [3.8, 4) is 5.75 Å². The number of hydrogen-bond donors (Lipinski definition) is 1. The van der Waals surface area contributed by atoms with Gasteiger partial charge in [0, 0.05) is 29.6 Å². The molecule has 0 unspecified atom stereocenters. The molecule has 0 radical (unpaired) electrons. The number of rotatable bonds is 3. The van der Waals surface area contributed by atoms with Crippen LogP contribution in [-0.2, 0) is 13.0 Å². The minimum Gasteiger partial charge on any atom is -0.495 e. The van der Waals surface area contributed by atoms with E-state index in [4.69, 9.17) is 16.3 Å². The van der Waals surface area contributed by atoms with Crippen molar-refractivity contribution in [2.45, 2.75) is 32.7 Å². The summed E-state index contributed by atoms with van der Waals surface area (Å²) in [6, 6.07) is 8.41. The third-order valence-corrected chi connectivity index (χ3v) is 5.46. The number of aryl methyl sites for hydroxylation is 2. The van der Waals surface area contributed by atoms with E-state index in [0.29, 0.717) is 39.5 Å². The largest absolute Gasteiger partial charge is 0.495 e. The highest BCUT2D eigenvalue weighted by atomic mass is 35.5. The maximum absolute atomic E-state index is 12.8. The minimum absolute atomic E-state index is 0.0401. The molecule has 2 heterocycles. The topological polar surface area (TPSA) is 73.2 Å². The van der Waals surface area contributed by atoms with Crippen molar-refractivity contribution in [3.05, 3.63) is 62.7 Å². The van der Waals surface area contributed by atoms with Gasteiger partial charge in [-0.3, -0.25) is 14.2 Å². The van der Waals surface area contributed by atoms with Gasteiger partial charge in [0.1, 0.15) is 11.6 Å². The Morgan fingerprint density at radius 2 is 2.07 bits per heavy atom. The zero-order valence-corrected chi connectivity index (χ0v) is 16.5. The molecule has 144 valence electrons. The van der Waals surface area contributed by atoms with Gasteiger partial charge in [0.2, 0.25) is 0 Å². The van der Waals surface area contributed by atoms with Crippen molar-refractivity contribution in [1.29, 1.82) is 0 Å². The van der Waals surface area contributed by atoms with E-state index in [9.17, 15) is 9.59 Å². The average Bonchev–Trinajstić information content (AvgIpc) is 2.70. The lowest BCUT2D eigenvalue weighted by atomic mass is 10.1. The highest BCUT2D eigenvalue weighted by Gasteiger charge is 2.17. The first-order chi connectivity index (χ1) is 13.5. The molecule has 1 amide bonds. The second-order valence-corrected chi connectivity index (χ2v) is 7.34.